The van der Waals surface area contributed by atoms with Crippen molar-refractivity contribution >= 4 is 0 Å². The number of hydrogen-bond donors (Lipinski definition) is 1. The lowest BCUT2D eigenvalue weighted by molar-refractivity contribution is 0.199. The van der Waals surface area contributed by atoms with E-state index in [0.29, 0.717) is 0 Å². The molecular formula is C15H27N. The fourth-order valence-electron chi connectivity index (χ4n) is 4.45. The van der Waals surface area contributed by atoms with Crippen LogP contribution in [0.5, 0.6) is 0 Å². The van der Waals surface area contributed by atoms with E-state index in [4.69, 9.17) is 0 Å². The molecule has 3 rings (SSSR count). The molecule has 6 unspecified atom stereocenters. The molecule has 1 nitrogen and oxygen atoms in total. The highest BCUT2D eigenvalue weighted by Crippen LogP contribution is 2.45. The van der Waals surface area contributed by atoms with Crippen LogP contribution < -0.4 is 5.32 Å². The minimum absolute atomic E-state index is 0.843. The second-order valence-corrected chi connectivity index (χ2v) is 6.91. The van der Waals surface area contributed by atoms with Crippen molar-refractivity contribution in [2.45, 2.75) is 70.9 Å². The van der Waals surface area contributed by atoms with Gasteiger partial charge in [0, 0.05) is 12.1 Å². The first kappa shape index (κ1) is 11.1. The first-order chi connectivity index (χ1) is 7.72. The fourth-order valence-corrected chi connectivity index (χ4v) is 4.45. The van der Waals surface area contributed by atoms with Crippen molar-refractivity contribution in [1.29, 1.82) is 0 Å². The molecule has 0 radical (unpaired) electrons. The van der Waals surface area contributed by atoms with Gasteiger partial charge in [-0.2, -0.15) is 0 Å². The minimum Gasteiger partial charge on any atom is -0.311 e. The third-order valence-electron chi connectivity index (χ3n) is 5.79. The molecular weight excluding hydrogens is 194 g/mol. The monoisotopic (exact) mass is 221 g/mol. The van der Waals surface area contributed by atoms with Gasteiger partial charge in [0.2, 0.25) is 0 Å². The molecule has 0 spiro atoms. The lowest BCUT2D eigenvalue weighted by Crippen LogP contribution is -2.44. The van der Waals surface area contributed by atoms with E-state index in [9.17, 15) is 0 Å². The number of fused-ring (bicyclic) bond motifs is 2. The second-order valence-electron chi connectivity index (χ2n) is 6.91. The zero-order chi connectivity index (χ0) is 11.1. The molecule has 0 amide bonds. The van der Waals surface area contributed by atoms with E-state index in [0.717, 1.165) is 35.8 Å². The Morgan fingerprint density at radius 3 is 2.31 bits per heavy atom. The van der Waals surface area contributed by atoms with Crippen LogP contribution in [0, 0.1) is 23.7 Å². The summed E-state index contributed by atoms with van der Waals surface area (Å²) >= 11 is 0. The van der Waals surface area contributed by atoms with Gasteiger partial charge in [0.15, 0.2) is 0 Å². The van der Waals surface area contributed by atoms with E-state index >= 15 is 0 Å². The van der Waals surface area contributed by atoms with Gasteiger partial charge in [-0.1, -0.05) is 20.3 Å². The topological polar surface area (TPSA) is 12.0 Å². The normalized spacial score (nSPS) is 52.1. The zero-order valence-electron chi connectivity index (χ0n) is 10.9. The highest BCUT2D eigenvalue weighted by Gasteiger charge is 2.40. The van der Waals surface area contributed by atoms with Crippen molar-refractivity contribution < 1.29 is 0 Å². The number of nitrogens with one attached hydrogen (secondary N) is 1. The third kappa shape index (κ3) is 2.03. The summed E-state index contributed by atoms with van der Waals surface area (Å²) in [6.45, 7) is 4.87. The summed E-state index contributed by atoms with van der Waals surface area (Å²) < 4.78 is 0. The van der Waals surface area contributed by atoms with Gasteiger partial charge in [-0.05, 0) is 62.2 Å². The standard InChI is InChI=1S/C15H27N/c1-10-3-6-14(7-11(10)2)16-15-9-12-4-5-13(15)8-12/h10-16H,3-9H2,1-2H3. The SMILES string of the molecule is CC1CCC(NC2CC3CCC2C3)CC1C. The maximum absolute atomic E-state index is 4.00. The van der Waals surface area contributed by atoms with Gasteiger partial charge in [-0.3, -0.25) is 0 Å². The van der Waals surface area contributed by atoms with E-state index in [-0.39, 0.29) is 0 Å². The lowest BCUT2D eigenvalue weighted by atomic mass is 9.78. The van der Waals surface area contributed by atoms with Crippen molar-refractivity contribution in [3.8, 4) is 0 Å². The smallest absolute Gasteiger partial charge is 0.0101 e. The van der Waals surface area contributed by atoms with Crippen LogP contribution >= 0.6 is 0 Å². The zero-order valence-corrected chi connectivity index (χ0v) is 10.9. The maximum atomic E-state index is 4.00. The molecule has 3 aliphatic carbocycles. The van der Waals surface area contributed by atoms with E-state index < -0.39 is 0 Å². The van der Waals surface area contributed by atoms with Crippen LogP contribution in [0.2, 0.25) is 0 Å². The van der Waals surface area contributed by atoms with Crippen LogP contribution in [0.25, 0.3) is 0 Å². The Bertz CT molecular complexity index is 250. The first-order valence-corrected chi connectivity index (χ1v) is 7.48. The molecule has 0 aromatic carbocycles. The van der Waals surface area contributed by atoms with Crippen molar-refractivity contribution in [2.75, 3.05) is 0 Å². The van der Waals surface area contributed by atoms with Crippen LogP contribution in [0.1, 0.15) is 58.8 Å². The predicted octanol–water partition coefficient (Wildman–Crippen LogP) is 3.59. The molecule has 92 valence electrons. The van der Waals surface area contributed by atoms with E-state index in [1.54, 1.807) is 0 Å². The largest absolute Gasteiger partial charge is 0.311 e. The van der Waals surface area contributed by atoms with E-state index in [1.165, 1.54) is 44.9 Å². The van der Waals surface area contributed by atoms with Gasteiger partial charge in [-0.25, -0.2) is 0 Å². The molecule has 3 fully saturated rings. The quantitative estimate of drug-likeness (QED) is 0.751. The van der Waals surface area contributed by atoms with Crippen molar-refractivity contribution in [3.05, 3.63) is 0 Å². The average Bonchev–Trinajstić information content (AvgIpc) is 2.85. The lowest BCUT2D eigenvalue weighted by Gasteiger charge is -2.36. The molecule has 2 bridgehead atoms. The van der Waals surface area contributed by atoms with Crippen molar-refractivity contribution in [2.24, 2.45) is 23.7 Å². The van der Waals surface area contributed by atoms with Crippen molar-refractivity contribution in [3.63, 3.8) is 0 Å². The van der Waals surface area contributed by atoms with Crippen LogP contribution in [0.4, 0.5) is 0 Å². The highest BCUT2D eigenvalue weighted by atomic mass is 15.0. The third-order valence-corrected chi connectivity index (χ3v) is 5.79. The molecule has 3 aliphatic rings. The highest BCUT2D eigenvalue weighted by molar-refractivity contribution is 4.96. The number of rotatable bonds is 2. The summed E-state index contributed by atoms with van der Waals surface area (Å²) in [5, 5.41) is 4.00. The predicted molar refractivity (Wildman–Crippen MR) is 68.3 cm³/mol. The molecule has 0 aromatic heterocycles. The van der Waals surface area contributed by atoms with Gasteiger partial charge >= 0.3 is 0 Å². The van der Waals surface area contributed by atoms with Gasteiger partial charge < -0.3 is 5.32 Å². The Labute approximate surface area is 100 Å². The molecule has 1 N–H and O–H groups in total. The summed E-state index contributed by atoms with van der Waals surface area (Å²) in [5.41, 5.74) is 0. The molecule has 0 saturated heterocycles. The number of hydrogen-bond acceptors (Lipinski definition) is 1. The average molecular weight is 221 g/mol. The van der Waals surface area contributed by atoms with Gasteiger partial charge in [-0.15, -0.1) is 0 Å². The molecule has 3 saturated carbocycles. The summed E-state index contributed by atoms with van der Waals surface area (Å²) in [5.74, 6) is 4.02. The molecule has 0 aliphatic heterocycles. The van der Waals surface area contributed by atoms with Crippen LogP contribution in [0.15, 0.2) is 0 Å². The Kier molecular flexibility index (Phi) is 2.99. The molecule has 6 atom stereocenters. The van der Waals surface area contributed by atoms with Gasteiger partial charge in [0.05, 0.1) is 0 Å². The van der Waals surface area contributed by atoms with Crippen LogP contribution in [-0.2, 0) is 0 Å². The molecule has 16 heavy (non-hydrogen) atoms. The summed E-state index contributed by atoms with van der Waals surface area (Å²) in [6, 6.07) is 1.74. The second kappa shape index (κ2) is 4.33. The van der Waals surface area contributed by atoms with E-state index in [2.05, 4.69) is 19.2 Å². The molecule has 1 heteroatoms. The maximum Gasteiger partial charge on any atom is 0.0101 e. The van der Waals surface area contributed by atoms with Gasteiger partial charge in [0.1, 0.15) is 0 Å². The first-order valence-electron chi connectivity index (χ1n) is 7.48. The Morgan fingerprint density at radius 2 is 1.69 bits per heavy atom. The Morgan fingerprint density at radius 1 is 0.812 bits per heavy atom. The van der Waals surface area contributed by atoms with Crippen LogP contribution in [-0.4, -0.2) is 12.1 Å². The molecule has 0 heterocycles. The van der Waals surface area contributed by atoms with Crippen molar-refractivity contribution in [1.82, 2.24) is 5.32 Å². The fraction of sp³-hybridized carbons (Fsp3) is 1.00. The van der Waals surface area contributed by atoms with E-state index in [1.807, 2.05) is 0 Å². The summed E-state index contributed by atoms with van der Waals surface area (Å²) in [4.78, 5) is 0. The summed E-state index contributed by atoms with van der Waals surface area (Å²) in [7, 11) is 0. The van der Waals surface area contributed by atoms with Crippen LogP contribution in [0.3, 0.4) is 0 Å². The Balaban J connectivity index is 1.52. The Hall–Kier alpha value is -0.0400. The minimum atomic E-state index is 0.843. The molecule has 0 aromatic rings. The van der Waals surface area contributed by atoms with Gasteiger partial charge in [0.25, 0.3) is 0 Å². The summed E-state index contributed by atoms with van der Waals surface area (Å²) in [6.07, 6.45) is 10.4.